The fraction of sp³-hybridized carbons (Fsp3) is 0.931. The maximum atomic E-state index is 14.2. The van der Waals surface area contributed by atoms with Crippen LogP contribution in [0.1, 0.15) is 84.0 Å². The average molecular weight is 543 g/mol. The first-order valence-corrected chi connectivity index (χ1v) is 15.2. The van der Waals surface area contributed by atoms with Crippen molar-refractivity contribution in [3.05, 3.63) is 0 Å². The van der Waals surface area contributed by atoms with Crippen LogP contribution >= 0.6 is 0 Å². The maximum absolute atomic E-state index is 14.2. The van der Waals surface area contributed by atoms with Gasteiger partial charge in [-0.15, -0.1) is 0 Å². The quantitative estimate of drug-likeness (QED) is 0.362. The predicted molar refractivity (Wildman–Crippen MR) is 139 cm³/mol. The standard InChI is InChI=1S/C29H46F4N4O/c1-17-12-20(8-9-24(17)30)26(19-6-7-19)36-28(38)22-14-18(16-37-11-3-5-25(37)34)13-21(15-22)23-4-2-10-35-27(23)29(31,32)33/h17-24,26-27,34-35H,2-16H2,1H3,(H,36,38)/t17?,18?,20?,21?,22?,23?,24?,26-,27?/m0/s1. The number of amides is 1. The van der Waals surface area contributed by atoms with Crippen LogP contribution < -0.4 is 10.6 Å². The lowest BCUT2D eigenvalue weighted by atomic mass is 9.66. The van der Waals surface area contributed by atoms with Crippen molar-refractivity contribution in [2.75, 3.05) is 19.6 Å². The summed E-state index contributed by atoms with van der Waals surface area (Å²) < 4.78 is 56.2. The number of hydrogen-bond donors (Lipinski definition) is 3. The Morgan fingerprint density at radius 2 is 1.84 bits per heavy atom. The highest BCUT2D eigenvalue weighted by atomic mass is 19.4. The number of nitrogens with one attached hydrogen (secondary N) is 3. The fourth-order valence-corrected chi connectivity index (χ4v) is 8.31. The number of halogens is 4. The predicted octanol–water partition coefficient (Wildman–Crippen LogP) is 5.69. The van der Waals surface area contributed by atoms with Crippen molar-refractivity contribution in [1.82, 2.24) is 15.5 Å². The van der Waals surface area contributed by atoms with Gasteiger partial charge in [0.05, 0.1) is 5.84 Å². The molecular weight excluding hydrogens is 496 g/mol. The minimum absolute atomic E-state index is 0.00391. The molecule has 5 fully saturated rings. The largest absolute Gasteiger partial charge is 0.404 e. The summed E-state index contributed by atoms with van der Waals surface area (Å²) in [5.74, 6) is 0.479. The molecule has 0 aromatic rings. The smallest absolute Gasteiger partial charge is 0.360 e. The molecule has 3 aliphatic carbocycles. The van der Waals surface area contributed by atoms with Crippen molar-refractivity contribution in [3.8, 4) is 0 Å². The first-order chi connectivity index (χ1) is 18.1. The van der Waals surface area contributed by atoms with Crippen molar-refractivity contribution >= 4 is 11.7 Å². The number of nitrogens with zero attached hydrogens (tertiary/aromatic N) is 1. The van der Waals surface area contributed by atoms with Gasteiger partial charge in [0.1, 0.15) is 12.2 Å². The highest BCUT2D eigenvalue weighted by molar-refractivity contribution is 5.81. The van der Waals surface area contributed by atoms with Crippen molar-refractivity contribution < 1.29 is 22.4 Å². The topological polar surface area (TPSA) is 68.2 Å². The van der Waals surface area contributed by atoms with Crippen LogP contribution in [0.25, 0.3) is 0 Å². The van der Waals surface area contributed by atoms with Gasteiger partial charge in [-0.1, -0.05) is 6.92 Å². The number of amidine groups is 1. The number of likely N-dealkylation sites (tertiary alicyclic amines) is 1. The molecule has 5 aliphatic rings. The van der Waals surface area contributed by atoms with Gasteiger partial charge in [-0.25, -0.2) is 4.39 Å². The molecule has 0 aromatic heterocycles. The Balaban J connectivity index is 1.31. The fourth-order valence-electron chi connectivity index (χ4n) is 8.31. The van der Waals surface area contributed by atoms with Crippen LogP contribution in [0.2, 0.25) is 0 Å². The molecular formula is C29H46F4N4O. The summed E-state index contributed by atoms with van der Waals surface area (Å²) in [4.78, 5) is 15.9. The van der Waals surface area contributed by atoms with Gasteiger partial charge >= 0.3 is 6.18 Å². The van der Waals surface area contributed by atoms with Crippen LogP contribution in [0, 0.1) is 46.8 Å². The number of carbonyl (C=O) groups excluding carboxylic acids is 1. The summed E-state index contributed by atoms with van der Waals surface area (Å²) in [5, 5.41) is 14.4. The Kier molecular flexibility index (Phi) is 8.61. The highest BCUT2D eigenvalue weighted by Crippen LogP contribution is 2.46. The van der Waals surface area contributed by atoms with E-state index in [-0.39, 0.29) is 41.5 Å². The van der Waals surface area contributed by atoms with Gasteiger partial charge in [-0.05, 0) is 113 Å². The van der Waals surface area contributed by atoms with Crippen LogP contribution in [0.3, 0.4) is 0 Å². The van der Waals surface area contributed by atoms with E-state index in [1.807, 2.05) is 6.92 Å². The lowest BCUT2D eigenvalue weighted by molar-refractivity contribution is -0.179. The maximum Gasteiger partial charge on any atom is 0.404 e. The molecule has 0 aromatic carbocycles. The van der Waals surface area contributed by atoms with Crippen molar-refractivity contribution in [3.63, 3.8) is 0 Å². The molecule has 8 unspecified atom stereocenters. The number of alkyl halides is 4. The summed E-state index contributed by atoms with van der Waals surface area (Å²) in [5.41, 5.74) is 0. The molecule has 0 radical (unpaired) electrons. The monoisotopic (exact) mass is 542 g/mol. The van der Waals surface area contributed by atoms with Gasteiger partial charge in [0.15, 0.2) is 0 Å². The van der Waals surface area contributed by atoms with Gasteiger partial charge in [0.25, 0.3) is 0 Å². The summed E-state index contributed by atoms with van der Waals surface area (Å²) in [6.07, 6.45) is 4.08. The minimum Gasteiger partial charge on any atom is -0.360 e. The molecule has 3 N–H and O–H groups in total. The second kappa shape index (κ2) is 11.6. The van der Waals surface area contributed by atoms with E-state index in [1.54, 1.807) is 0 Å². The molecule has 9 atom stereocenters. The molecule has 2 aliphatic heterocycles. The lowest BCUT2D eigenvalue weighted by Crippen LogP contribution is -2.55. The zero-order valence-corrected chi connectivity index (χ0v) is 22.7. The third-order valence-electron chi connectivity index (χ3n) is 10.4. The molecule has 216 valence electrons. The summed E-state index contributed by atoms with van der Waals surface area (Å²) in [7, 11) is 0. The molecule has 1 amide bonds. The second-order valence-electron chi connectivity index (χ2n) is 13.2. The van der Waals surface area contributed by atoms with E-state index in [0.29, 0.717) is 56.9 Å². The summed E-state index contributed by atoms with van der Waals surface area (Å²) in [6, 6.07) is -1.45. The van der Waals surface area contributed by atoms with E-state index in [9.17, 15) is 22.4 Å². The van der Waals surface area contributed by atoms with E-state index in [1.165, 1.54) is 0 Å². The highest BCUT2D eigenvalue weighted by Gasteiger charge is 2.50. The molecule has 2 saturated heterocycles. The Bertz CT molecular complexity index is 849. The zero-order chi connectivity index (χ0) is 27.0. The van der Waals surface area contributed by atoms with Gasteiger partial charge in [0.2, 0.25) is 5.91 Å². The Morgan fingerprint density at radius 3 is 2.50 bits per heavy atom. The Morgan fingerprint density at radius 1 is 1.08 bits per heavy atom. The molecule has 0 spiro atoms. The SMILES string of the molecule is CC1CC([C@@H](NC(=O)C2CC(CN3CCCC3=N)CC(C3CCCNC3C(F)(F)F)C2)C2CC2)CCC1F. The van der Waals surface area contributed by atoms with Gasteiger partial charge in [-0.3, -0.25) is 10.2 Å². The third-order valence-corrected chi connectivity index (χ3v) is 10.4. The third kappa shape index (κ3) is 6.49. The van der Waals surface area contributed by atoms with Crippen molar-refractivity contribution in [1.29, 1.82) is 5.41 Å². The van der Waals surface area contributed by atoms with E-state index in [0.717, 1.165) is 51.5 Å². The van der Waals surface area contributed by atoms with Crippen LogP contribution in [0.4, 0.5) is 17.6 Å². The number of rotatable bonds is 7. The average Bonchev–Trinajstić information content (AvgIpc) is 3.65. The minimum atomic E-state index is -4.30. The van der Waals surface area contributed by atoms with Crippen molar-refractivity contribution in [2.45, 2.75) is 108 Å². The molecule has 2 heterocycles. The normalized spacial score (nSPS) is 39.7. The molecule has 9 heteroatoms. The van der Waals surface area contributed by atoms with E-state index in [2.05, 4.69) is 15.5 Å². The molecule has 5 nitrogen and oxygen atoms in total. The Hall–Kier alpha value is -1.38. The van der Waals surface area contributed by atoms with Crippen molar-refractivity contribution in [2.24, 2.45) is 41.4 Å². The van der Waals surface area contributed by atoms with Crippen LogP contribution in [0.5, 0.6) is 0 Å². The second-order valence-corrected chi connectivity index (χ2v) is 13.2. The zero-order valence-electron chi connectivity index (χ0n) is 22.7. The van der Waals surface area contributed by atoms with Gasteiger partial charge in [-0.2, -0.15) is 13.2 Å². The van der Waals surface area contributed by atoms with Gasteiger partial charge < -0.3 is 15.5 Å². The summed E-state index contributed by atoms with van der Waals surface area (Å²) in [6.45, 7) is 3.84. The summed E-state index contributed by atoms with van der Waals surface area (Å²) >= 11 is 0. The first kappa shape index (κ1) is 28.2. The number of hydrogen-bond acceptors (Lipinski definition) is 3. The van der Waals surface area contributed by atoms with E-state index < -0.39 is 24.3 Å². The van der Waals surface area contributed by atoms with Crippen LogP contribution in [-0.2, 0) is 4.79 Å². The van der Waals surface area contributed by atoms with E-state index >= 15 is 0 Å². The van der Waals surface area contributed by atoms with Gasteiger partial charge in [0, 0.05) is 31.5 Å². The van der Waals surface area contributed by atoms with Crippen LogP contribution in [-0.4, -0.2) is 60.7 Å². The first-order valence-electron chi connectivity index (χ1n) is 15.2. The number of piperidine rings is 1. The molecule has 38 heavy (non-hydrogen) atoms. The molecule has 0 bridgehead atoms. The number of carbonyl (C=O) groups is 1. The van der Waals surface area contributed by atoms with Crippen LogP contribution in [0.15, 0.2) is 0 Å². The lowest BCUT2D eigenvalue weighted by Gasteiger charge is -2.45. The van der Waals surface area contributed by atoms with E-state index in [4.69, 9.17) is 5.41 Å². The molecule has 5 rings (SSSR count). The Labute approximate surface area is 224 Å². The molecule has 3 saturated carbocycles.